The van der Waals surface area contributed by atoms with Gasteiger partial charge in [0.25, 0.3) is 0 Å². The van der Waals surface area contributed by atoms with Crippen LogP contribution < -0.4 is 0 Å². The molecular weight excluding hydrogens is 160 g/mol. The molecule has 0 aromatic rings. The normalized spacial score (nSPS) is 11.0. The first-order chi connectivity index (χ1) is 5.39. The number of carbonyl (C=O) groups is 1. The monoisotopic (exact) mass is 174 g/mol. The summed E-state index contributed by atoms with van der Waals surface area (Å²) in [5.41, 5.74) is 0.280. The fraction of sp³-hybridized carbons (Fsp3) is 0.625. The maximum Gasteiger partial charge on any atom is 0.368 e. The zero-order chi connectivity index (χ0) is 9.78. The van der Waals surface area contributed by atoms with Crippen molar-refractivity contribution in [3.63, 3.8) is 0 Å². The van der Waals surface area contributed by atoms with Crippen molar-refractivity contribution in [1.82, 2.24) is 0 Å². The number of carbonyl (C=O) groups excluding carboxylic acids is 1. The second kappa shape index (κ2) is 4.23. The molecule has 0 atom stereocenters. The lowest BCUT2D eigenvalue weighted by molar-refractivity contribution is -0.385. The largest absolute Gasteiger partial charge is 0.368 e. The molecule has 4 heteroatoms. The Kier molecular flexibility index (Phi) is 3.92. The Morgan fingerprint density at radius 3 is 2.25 bits per heavy atom. The van der Waals surface area contributed by atoms with Gasteiger partial charge in [-0.25, -0.2) is 4.79 Å². The van der Waals surface area contributed by atoms with Crippen LogP contribution in [0.1, 0.15) is 20.8 Å². The van der Waals surface area contributed by atoms with Crippen LogP contribution in [0.4, 0.5) is 0 Å². The minimum atomic E-state index is -0.925. The Morgan fingerprint density at radius 1 is 1.42 bits per heavy atom. The van der Waals surface area contributed by atoms with Crippen LogP contribution in [0.3, 0.4) is 0 Å². The third kappa shape index (κ3) is 4.10. The van der Waals surface area contributed by atoms with Gasteiger partial charge in [-0.1, -0.05) is 6.58 Å². The molecule has 0 bridgehead atoms. The quantitative estimate of drug-likeness (QED) is 0.280. The van der Waals surface area contributed by atoms with Crippen molar-refractivity contribution in [3.8, 4) is 0 Å². The molecular formula is C8H14O4. The zero-order valence-electron chi connectivity index (χ0n) is 7.84. The van der Waals surface area contributed by atoms with Crippen LogP contribution in [0.15, 0.2) is 12.2 Å². The summed E-state index contributed by atoms with van der Waals surface area (Å²) < 4.78 is 4.84. The van der Waals surface area contributed by atoms with Gasteiger partial charge in [0.05, 0.1) is 0 Å². The zero-order valence-corrected chi connectivity index (χ0v) is 7.84. The average molecular weight is 174 g/mol. The molecule has 0 aromatic carbocycles. The van der Waals surface area contributed by atoms with E-state index in [4.69, 9.17) is 4.74 Å². The van der Waals surface area contributed by atoms with E-state index in [2.05, 4.69) is 16.4 Å². The molecule has 70 valence electrons. The second-order valence-corrected chi connectivity index (χ2v) is 2.84. The first-order valence-electron chi connectivity index (χ1n) is 3.49. The smallest absolute Gasteiger partial charge is 0.350 e. The first kappa shape index (κ1) is 11.1. The van der Waals surface area contributed by atoms with E-state index in [1.807, 2.05) is 0 Å². The number of ether oxygens (including phenoxy) is 1. The van der Waals surface area contributed by atoms with Crippen LogP contribution >= 0.6 is 0 Å². The van der Waals surface area contributed by atoms with Crippen molar-refractivity contribution < 1.29 is 19.3 Å². The molecule has 0 aliphatic rings. The number of rotatable bonds is 4. The summed E-state index contributed by atoms with van der Waals surface area (Å²) in [6, 6.07) is 0. The van der Waals surface area contributed by atoms with Crippen molar-refractivity contribution in [2.24, 2.45) is 0 Å². The molecule has 0 rings (SSSR count). The summed E-state index contributed by atoms with van der Waals surface area (Å²) in [4.78, 5) is 19.9. The van der Waals surface area contributed by atoms with E-state index in [-0.39, 0.29) is 5.57 Å². The minimum absolute atomic E-state index is 0.280. The van der Waals surface area contributed by atoms with Crippen LogP contribution in [0.5, 0.6) is 0 Å². The lowest BCUT2D eigenvalue weighted by atomic mass is 10.4. The molecule has 12 heavy (non-hydrogen) atoms. The average Bonchev–Trinajstić information content (AvgIpc) is 2.00. The second-order valence-electron chi connectivity index (χ2n) is 2.84. The Balaban J connectivity index is 3.83. The van der Waals surface area contributed by atoms with Crippen molar-refractivity contribution in [1.29, 1.82) is 0 Å². The molecule has 4 nitrogen and oxygen atoms in total. The van der Waals surface area contributed by atoms with Gasteiger partial charge < -0.3 is 4.74 Å². The van der Waals surface area contributed by atoms with Gasteiger partial charge in [0.1, 0.15) is 0 Å². The van der Waals surface area contributed by atoms with Gasteiger partial charge in [-0.05, 0) is 20.8 Å². The van der Waals surface area contributed by atoms with Gasteiger partial charge in [0.15, 0.2) is 0 Å². The highest BCUT2D eigenvalue weighted by Gasteiger charge is 2.20. The van der Waals surface area contributed by atoms with Gasteiger partial charge in [0, 0.05) is 12.7 Å². The molecule has 0 aromatic heterocycles. The molecule has 0 saturated carbocycles. The van der Waals surface area contributed by atoms with Crippen molar-refractivity contribution >= 4 is 5.97 Å². The third-order valence-corrected chi connectivity index (χ3v) is 1.16. The van der Waals surface area contributed by atoms with E-state index in [1.165, 1.54) is 14.0 Å². The number of hydrogen-bond acceptors (Lipinski definition) is 4. The van der Waals surface area contributed by atoms with Crippen LogP contribution in [-0.4, -0.2) is 18.9 Å². The molecule has 0 spiro atoms. The van der Waals surface area contributed by atoms with Gasteiger partial charge in [-0.2, -0.15) is 0 Å². The van der Waals surface area contributed by atoms with E-state index in [0.29, 0.717) is 0 Å². The highest BCUT2D eigenvalue weighted by atomic mass is 17.2. The van der Waals surface area contributed by atoms with E-state index in [1.54, 1.807) is 13.8 Å². The lowest BCUT2D eigenvalue weighted by Crippen LogP contribution is -2.28. The van der Waals surface area contributed by atoms with Crippen molar-refractivity contribution in [2.45, 2.75) is 26.6 Å². The van der Waals surface area contributed by atoms with Crippen molar-refractivity contribution in [3.05, 3.63) is 12.2 Å². The highest BCUT2D eigenvalue weighted by Crippen LogP contribution is 2.10. The SMILES string of the molecule is C=C(C)C(=O)OOC(C)(C)OC. The van der Waals surface area contributed by atoms with Crippen LogP contribution in [-0.2, 0) is 19.3 Å². The molecule has 0 aliphatic heterocycles. The molecule has 0 amide bonds. The molecule has 0 unspecified atom stereocenters. The number of methoxy groups -OCH3 is 1. The first-order valence-corrected chi connectivity index (χ1v) is 3.49. The predicted molar refractivity (Wildman–Crippen MR) is 43.1 cm³/mol. The number of hydrogen-bond donors (Lipinski definition) is 0. The summed E-state index contributed by atoms with van der Waals surface area (Å²) in [5.74, 6) is -1.52. The summed E-state index contributed by atoms with van der Waals surface area (Å²) in [7, 11) is 1.45. The Hall–Kier alpha value is -0.870. The molecule has 0 heterocycles. The van der Waals surface area contributed by atoms with E-state index in [9.17, 15) is 4.79 Å². The van der Waals surface area contributed by atoms with E-state index in [0.717, 1.165) is 0 Å². The maximum atomic E-state index is 10.8. The highest BCUT2D eigenvalue weighted by molar-refractivity contribution is 5.86. The molecule has 0 fully saturated rings. The van der Waals surface area contributed by atoms with Crippen molar-refractivity contribution in [2.75, 3.05) is 7.11 Å². The summed E-state index contributed by atoms with van der Waals surface area (Å²) in [6.07, 6.45) is 0. The van der Waals surface area contributed by atoms with E-state index < -0.39 is 11.8 Å². The fourth-order valence-corrected chi connectivity index (χ4v) is 0.243. The van der Waals surface area contributed by atoms with Gasteiger partial charge in [-0.15, -0.1) is 4.89 Å². The third-order valence-electron chi connectivity index (χ3n) is 1.16. The molecule has 0 radical (unpaired) electrons. The van der Waals surface area contributed by atoms with E-state index >= 15 is 0 Å². The maximum absolute atomic E-state index is 10.8. The van der Waals surface area contributed by atoms with Gasteiger partial charge in [0.2, 0.25) is 5.79 Å². The van der Waals surface area contributed by atoms with Gasteiger partial charge >= 0.3 is 5.97 Å². The van der Waals surface area contributed by atoms with Crippen LogP contribution in [0.2, 0.25) is 0 Å². The Labute approximate surface area is 72.0 Å². The van der Waals surface area contributed by atoms with Gasteiger partial charge in [-0.3, -0.25) is 4.89 Å². The lowest BCUT2D eigenvalue weighted by Gasteiger charge is -2.20. The predicted octanol–water partition coefficient (Wildman–Crippen LogP) is 1.42. The minimum Gasteiger partial charge on any atom is -0.350 e. The van der Waals surface area contributed by atoms with Crippen LogP contribution in [0.25, 0.3) is 0 Å². The van der Waals surface area contributed by atoms with Crippen LogP contribution in [0, 0.1) is 0 Å². The summed E-state index contributed by atoms with van der Waals surface area (Å²) in [6.45, 7) is 8.17. The molecule has 0 N–H and O–H groups in total. The Bertz CT molecular complexity index is 183. The standard InChI is InChI=1S/C8H14O4/c1-6(2)7(9)11-12-8(3,4)10-5/h1H2,2-5H3. The summed E-state index contributed by atoms with van der Waals surface area (Å²) >= 11 is 0. The molecule has 0 saturated heterocycles. The molecule has 0 aliphatic carbocycles. The Morgan fingerprint density at radius 2 is 1.92 bits per heavy atom. The summed E-state index contributed by atoms with van der Waals surface area (Å²) in [5, 5.41) is 0. The fourth-order valence-electron chi connectivity index (χ4n) is 0.243. The topological polar surface area (TPSA) is 44.8 Å².